The molecule has 0 saturated carbocycles. The van der Waals surface area contributed by atoms with Crippen LogP contribution < -0.4 is 10.1 Å². The average Bonchev–Trinajstić information content (AvgIpc) is 2.65. The van der Waals surface area contributed by atoms with E-state index in [4.69, 9.17) is 16.3 Å². The summed E-state index contributed by atoms with van der Waals surface area (Å²) in [6.07, 6.45) is -0.272. The van der Waals surface area contributed by atoms with E-state index < -0.39 is 6.10 Å². The highest BCUT2D eigenvalue weighted by atomic mass is 35.5. The van der Waals surface area contributed by atoms with Gasteiger partial charge in [0.05, 0.1) is 18.9 Å². The Labute approximate surface area is 165 Å². The standard InChI is InChI=1S/C21H27ClN2O3/c1-4-24(14-19(25)16-7-5-15(2)6-8-16)12-11-21(26)23-18-13-17(22)9-10-20(18)27-3/h5-10,13,19,25H,4,11-12,14H2,1-3H3,(H,23,26)/t19-/m0/s1. The maximum atomic E-state index is 12.3. The summed E-state index contributed by atoms with van der Waals surface area (Å²) in [6.45, 7) is 5.81. The molecule has 2 aromatic rings. The first kappa shape index (κ1) is 21.2. The lowest BCUT2D eigenvalue weighted by Crippen LogP contribution is -2.31. The number of carbonyl (C=O) groups is 1. The van der Waals surface area contributed by atoms with Crippen LogP contribution >= 0.6 is 11.6 Å². The third-order valence-electron chi connectivity index (χ3n) is 4.43. The number of aliphatic hydroxyl groups is 1. The maximum Gasteiger partial charge on any atom is 0.225 e. The number of aryl methyl sites for hydroxylation is 1. The van der Waals surface area contributed by atoms with Gasteiger partial charge in [-0.2, -0.15) is 0 Å². The van der Waals surface area contributed by atoms with Crippen molar-refractivity contribution in [2.24, 2.45) is 0 Å². The molecule has 0 unspecified atom stereocenters. The fraction of sp³-hybridized carbons (Fsp3) is 0.381. The van der Waals surface area contributed by atoms with Crippen molar-refractivity contribution in [3.63, 3.8) is 0 Å². The minimum atomic E-state index is -0.582. The number of rotatable bonds is 9. The Bertz CT molecular complexity index is 750. The summed E-state index contributed by atoms with van der Waals surface area (Å²) >= 11 is 5.99. The van der Waals surface area contributed by atoms with Gasteiger partial charge in [-0.05, 0) is 37.2 Å². The van der Waals surface area contributed by atoms with Crippen molar-refractivity contribution >= 4 is 23.2 Å². The van der Waals surface area contributed by atoms with Crippen LogP contribution in [0.1, 0.15) is 30.6 Å². The van der Waals surface area contributed by atoms with Crippen molar-refractivity contribution in [1.29, 1.82) is 0 Å². The topological polar surface area (TPSA) is 61.8 Å². The van der Waals surface area contributed by atoms with E-state index in [0.29, 0.717) is 36.0 Å². The predicted molar refractivity (Wildman–Crippen MR) is 110 cm³/mol. The number of hydrogen-bond acceptors (Lipinski definition) is 4. The largest absolute Gasteiger partial charge is 0.495 e. The van der Waals surface area contributed by atoms with Gasteiger partial charge in [0.25, 0.3) is 0 Å². The molecule has 2 aromatic carbocycles. The molecule has 6 heteroatoms. The van der Waals surface area contributed by atoms with E-state index in [2.05, 4.69) is 10.2 Å². The number of aliphatic hydroxyl groups excluding tert-OH is 1. The lowest BCUT2D eigenvalue weighted by atomic mass is 10.1. The molecule has 0 radical (unpaired) electrons. The first-order valence-corrected chi connectivity index (χ1v) is 9.41. The SMILES string of the molecule is CCN(CCC(=O)Nc1cc(Cl)ccc1OC)C[C@H](O)c1ccc(C)cc1. The van der Waals surface area contributed by atoms with E-state index >= 15 is 0 Å². The molecule has 0 aliphatic carbocycles. The number of amides is 1. The van der Waals surface area contributed by atoms with Crippen molar-refractivity contribution in [3.05, 3.63) is 58.6 Å². The van der Waals surface area contributed by atoms with E-state index in [-0.39, 0.29) is 5.91 Å². The number of likely N-dealkylation sites (N-methyl/N-ethyl adjacent to an activating group) is 1. The number of ether oxygens (including phenoxy) is 1. The minimum Gasteiger partial charge on any atom is -0.495 e. The second-order valence-electron chi connectivity index (χ2n) is 6.46. The highest BCUT2D eigenvalue weighted by Crippen LogP contribution is 2.27. The summed E-state index contributed by atoms with van der Waals surface area (Å²) < 4.78 is 5.24. The lowest BCUT2D eigenvalue weighted by Gasteiger charge is -2.23. The van der Waals surface area contributed by atoms with Crippen molar-refractivity contribution < 1.29 is 14.6 Å². The highest BCUT2D eigenvalue weighted by Gasteiger charge is 2.14. The van der Waals surface area contributed by atoms with Gasteiger partial charge in [0, 0.05) is 24.5 Å². The van der Waals surface area contributed by atoms with Crippen LogP contribution in [0.2, 0.25) is 5.02 Å². The minimum absolute atomic E-state index is 0.126. The molecule has 0 bridgehead atoms. The second kappa shape index (κ2) is 10.3. The Hall–Kier alpha value is -2.08. The second-order valence-corrected chi connectivity index (χ2v) is 6.90. The Morgan fingerprint density at radius 1 is 1.26 bits per heavy atom. The van der Waals surface area contributed by atoms with Gasteiger partial charge < -0.3 is 20.1 Å². The highest BCUT2D eigenvalue weighted by molar-refractivity contribution is 6.31. The van der Waals surface area contributed by atoms with E-state index in [0.717, 1.165) is 17.7 Å². The molecule has 2 rings (SSSR count). The number of nitrogens with one attached hydrogen (secondary N) is 1. The summed E-state index contributed by atoms with van der Waals surface area (Å²) in [5.41, 5.74) is 2.59. The van der Waals surface area contributed by atoms with Gasteiger partial charge in [0.2, 0.25) is 5.91 Å². The Balaban J connectivity index is 1.88. The number of methoxy groups -OCH3 is 1. The molecule has 146 valence electrons. The van der Waals surface area contributed by atoms with Gasteiger partial charge in [0.1, 0.15) is 5.75 Å². The molecule has 27 heavy (non-hydrogen) atoms. The molecule has 0 aliphatic rings. The molecule has 1 amide bonds. The third-order valence-corrected chi connectivity index (χ3v) is 4.67. The fourth-order valence-corrected chi connectivity index (χ4v) is 2.94. The first-order valence-electron chi connectivity index (χ1n) is 9.03. The monoisotopic (exact) mass is 390 g/mol. The predicted octanol–water partition coefficient (Wildman–Crippen LogP) is 4.04. The number of carbonyl (C=O) groups excluding carboxylic acids is 1. The summed E-state index contributed by atoms with van der Waals surface area (Å²) in [6, 6.07) is 12.9. The number of nitrogens with zero attached hydrogens (tertiary/aromatic N) is 1. The van der Waals surface area contributed by atoms with Crippen molar-refractivity contribution in [1.82, 2.24) is 4.90 Å². The number of hydrogen-bond donors (Lipinski definition) is 2. The molecule has 2 N–H and O–H groups in total. The van der Waals surface area contributed by atoms with Gasteiger partial charge in [0.15, 0.2) is 0 Å². The zero-order valence-corrected chi connectivity index (χ0v) is 16.8. The number of anilines is 1. The zero-order chi connectivity index (χ0) is 19.8. The quantitative estimate of drug-likeness (QED) is 0.678. The van der Waals surface area contributed by atoms with Crippen LogP contribution in [-0.4, -0.2) is 42.7 Å². The number of halogens is 1. The third kappa shape index (κ3) is 6.54. The number of benzene rings is 2. The van der Waals surface area contributed by atoms with Gasteiger partial charge >= 0.3 is 0 Å². The van der Waals surface area contributed by atoms with Gasteiger partial charge in [-0.25, -0.2) is 0 Å². The van der Waals surface area contributed by atoms with Gasteiger partial charge in [-0.1, -0.05) is 48.4 Å². The van der Waals surface area contributed by atoms with E-state index in [1.54, 1.807) is 25.3 Å². The molecule has 0 aromatic heterocycles. The summed E-state index contributed by atoms with van der Waals surface area (Å²) in [5, 5.41) is 13.8. The van der Waals surface area contributed by atoms with Crippen LogP contribution in [0.25, 0.3) is 0 Å². The van der Waals surface area contributed by atoms with Crippen LogP contribution in [0.15, 0.2) is 42.5 Å². The molecular formula is C21H27ClN2O3. The van der Waals surface area contributed by atoms with Crippen LogP contribution in [0.5, 0.6) is 5.75 Å². The summed E-state index contributed by atoms with van der Waals surface area (Å²) in [4.78, 5) is 14.4. The van der Waals surface area contributed by atoms with Crippen LogP contribution in [0.3, 0.4) is 0 Å². The van der Waals surface area contributed by atoms with Crippen molar-refractivity contribution in [2.45, 2.75) is 26.4 Å². The van der Waals surface area contributed by atoms with Crippen LogP contribution in [0, 0.1) is 6.92 Å². The molecular weight excluding hydrogens is 364 g/mol. The lowest BCUT2D eigenvalue weighted by molar-refractivity contribution is -0.116. The smallest absolute Gasteiger partial charge is 0.225 e. The van der Waals surface area contributed by atoms with Crippen LogP contribution in [0.4, 0.5) is 5.69 Å². The van der Waals surface area contributed by atoms with Crippen LogP contribution in [-0.2, 0) is 4.79 Å². The summed E-state index contributed by atoms with van der Waals surface area (Å²) in [7, 11) is 1.55. The van der Waals surface area contributed by atoms with Crippen molar-refractivity contribution in [3.8, 4) is 5.75 Å². The normalized spacial score (nSPS) is 12.1. The molecule has 0 aliphatic heterocycles. The van der Waals surface area contributed by atoms with E-state index in [9.17, 15) is 9.90 Å². The molecule has 0 saturated heterocycles. The van der Waals surface area contributed by atoms with E-state index in [1.165, 1.54) is 0 Å². The Kier molecular flexibility index (Phi) is 8.10. The first-order chi connectivity index (χ1) is 12.9. The maximum absolute atomic E-state index is 12.3. The Morgan fingerprint density at radius 3 is 2.59 bits per heavy atom. The average molecular weight is 391 g/mol. The summed E-state index contributed by atoms with van der Waals surface area (Å²) in [5.74, 6) is 0.439. The molecule has 0 spiro atoms. The van der Waals surface area contributed by atoms with Crippen molar-refractivity contribution in [2.75, 3.05) is 32.1 Å². The molecule has 0 fully saturated rings. The van der Waals surface area contributed by atoms with E-state index in [1.807, 2.05) is 38.1 Å². The fourth-order valence-electron chi connectivity index (χ4n) is 2.77. The molecule has 1 atom stereocenters. The molecule has 5 nitrogen and oxygen atoms in total. The van der Waals surface area contributed by atoms with Gasteiger partial charge in [-0.15, -0.1) is 0 Å². The van der Waals surface area contributed by atoms with Gasteiger partial charge in [-0.3, -0.25) is 4.79 Å². The zero-order valence-electron chi connectivity index (χ0n) is 16.0. The molecule has 0 heterocycles. The Morgan fingerprint density at radius 2 is 1.96 bits per heavy atom.